The molecular weight excluding hydrogens is 230 g/mol. The lowest BCUT2D eigenvalue weighted by atomic mass is 10.2. The first-order valence-electron chi connectivity index (χ1n) is 6.33. The van der Waals surface area contributed by atoms with Crippen molar-refractivity contribution in [1.82, 2.24) is 9.88 Å². The minimum absolute atomic E-state index is 0.0637. The summed E-state index contributed by atoms with van der Waals surface area (Å²) in [6.07, 6.45) is 3.46. The number of hydrogen-bond donors (Lipinski definition) is 1. The van der Waals surface area contributed by atoms with E-state index in [2.05, 4.69) is 11.9 Å². The number of hydrogen-bond acceptors (Lipinski definition) is 4. The number of carbonyl (C=O) groups excluding carboxylic acids is 1. The van der Waals surface area contributed by atoms with Gasteiger partial charge in [-0.3, -0.25) is 9.78 Å². The summed E-state index contributed by atoms with van der Waals surface area (Å²) in [5, 5.41) is 0. The number of nitrogen functional groups attached to an aromatic ring is 1. The van der Waals surface area contributed by atoms with Gasteiger partial charge in [0.05, 0.1) is 6.10 Å². The number of nitrogens with zero attached hydrogens (tertiary/aromatic N) is 2. The van der Waals surface area contributed by atoms with Gasteiger partial charge in [-0.1, -0.05) is 6.92 Å². The number of pyridine rings is 1. The summed E-state index contributed by atoms with van der Waals surface area (Å²) < 4.78 is 5.65. The van der Waals surface area contributed by atoms with E-state index in [4.69, 9.17) is 10.5 Å². The molecule has 2 N–H and O–H groups in total. The third kappa shape index (κ3) is 2.98. The maximum atomic E-state index is 12.3. The molecule has 1 amide bonds. The number of nitrogens with two attached hydrogens (primary N) is 1. The van der Waals surface area contributed by atoms with Crippen molar-refractivity contribution in [3.05, 3.63) is 24.0 Å². The van der Waals surface area contributed by atoms with Gasteiger partial charge in [-0.05, 0) is 25.0 Å². The average molecular weight is 249 g/mol. The molecule has 1 unspecified atom stereocenters. The Bertz CT molecular complexity index is 422. The van der Waals surface area contributed by atoms with Gasteiger partial charge in [0.1, 0.15) is 5.69 Å². The molecule has 1 atom stereocenters. The van der Waals surface area contributed by atoms with Gasteiger partial charge in [0, 0.05) is 31.6 Å². The zero-order chi connectivity index (χ0) is 13.0. The zero-order valence-corrected chi connectivity index (χ0v) is 10.6. The SMILES string of the molecule is CCC1CN(C(=O)c2cc(N)ccn2)CCCO1. The van der Waals surface area contributed by atoms with Crippen molar-refractivity contribution in [2.24, 2.45) is 0 Å². The number of carbonyl (C=O) groups is 1. The van der Waals surface area contributed by atoms with Crippen LogP contribution in [0.25, 0.3) is 0 Å². The van der Waals surface area contributed by atoms with E-state index in [1.54, 1.807) is 18.3 Å². The topological polar surface area (TPSA) is 68.5 Å². The summed E-state index contributed by atoms with van der Waals surface area (Å²) in [4.78, 5) is 18.2. The molecule has 18 heavy (non-hydrogen) atoms. The minimum Gasteiger partial charge on any atom is -0.399 e. The Morgan fingerprint density at radius 3 is 3.22 bits per heavy atom. The molecule has 1 aliphatic heterocycles. The summed E-state index contributed by atoms with van der Waals surface area (Å²) in [7, 11) is 0. The molecule has 0 aliphatic carbocycles. The highest BCUT2D eigenvalue weighted by Gasteiger charge is 2.23. The first kappa shape index (κ1) is 12.8. The number of aromatic nitrogens is 1. The molecule has 1 aromatic rings. The minimum atomic E-state index is -0.0637. The van der Waals surface area contributed by atoms with Crippen LogP contribution >= 0.6 is 0 Å². The van der Waals surface area contributed by atoms with Crippen molar-refractivity contribution in [3.8, 4) is 0 Å². The molecule has 2 heterocycles. The number of rotatable bonds is 2. The normalized spacial score (nSPS) is 20.5. The predicted octanol–water partition coefficient (Wildman–Crippen LogP) is 1.30. The van der Waals surface area contributed by atoms with Gasteiger partial charge < -0.3 is 15.4 Å². The fourth-order valence-electron chi connectivity index (χ4n) is 2.05. The molecule has 0 spiro atoms. The van der Waals surface area contributed by atoms with Gasteiger partial charge >= 0.3 is 0 Å². The standard InChI is InChI=1S/C13H19N3O2/c1-2-11-9-16(6-3-7-18-11)13(17)12-8-10(14)4-5-15-12/h4-5,8,11H,2-3,6-7,9H2,1H3,(H2,14,15). The Hall–Kier alpha value is -1.62. The lowest BCUT2D eigenvalue weighted by Crippen LogP contribution is -2.37. The molecule has 1 fully saturated rings. The highest BCUT2D eigenvalue weighted by atomic mass is 16.5. The van der Waals surface area contributed by atoms with E-state index in [9.17, 15) is 4.79 Å². The van der Waals surface area contributed by atoms with Gasteiger partial charge in [0.2, 0.25) is 0 Å². The van der Waals surface area contributed by atoms with Crippen molar-refractivity contribution in [2.45, 2.75) is 25.9 Å². The third-order valence-corrected chi connectivity index (χ3v) is 3.10. The van der Waals surface area contributed by atoms with Crippen LogP contribution in [-0.2, 0) is 4.74 Å². The van der Waals surface area contributed by atoms with Crippen LogP contribution in [0.15, 0.2) is 18.3 Å². The van der Waals surface area contributed by atoms with Crippen LogP contribution in [0.1, 0.15) is 30.3 Å². The number of ether oxygens (including phenoxy) is 1. The van der Waals surface area contributed by atoms with E-state index < -0.39 is 0 Å². The predicted molar refractivity (Wildman–Crippen MR) is 69.2 cm³/mol. The second-order valence-corrected chi connectivity index (χ2v) is 4.48. The van der Waals surface area contributed by atoms with Gasteiger partial charge in [0.25, 0.3) is 5.91 Å². The quantitative estimate of drug-likeness (QED) is 0.858. The lowest BCUT2D eigenvalue weighted by Gasteiger charge is -2.23. The highest BCUT2D eigenvalue weighted by Crippen LogP contribution is 2.13. The first-order chi connectivity index (χ1) is 8.70. The Balaban J connectivity index is 2.12. The molecule has 5 nitrogen and oxygen atoms in total. The van der Waals surface area contributed by atoms with E-state index in [1.165, 1.54) is 0 Å². The summed E-state index contributed by atoms with van der Waals surface area (Å²) in [6.45, 7) is 4.13. The molecule has 0 aromatic carbocycles. The molecule has 0 radical (unpaired) electrons. The van der Waals surface area contributed by atoms with Crippen LogP contribution in [0.4, 0.5) is 5.69 Å². The summed E-state index contributed by atoms with van der Waals surface area (Å²) in [5.74, 6) is -0.0637. The van der Waals surface area contributed by atoms with Gasteiger partial charge in [-0.15, -0.1) is 0 Å². The van der Waals surface area contributed by atoms with Crippen molar-refractivity contribution < 1.29 is 9.53 Å². The second-order valence-electron chi connectivity index (χ2n) is 4.48. The zero-order valence-electron chi connectivity index (χ0n) is 10.6. The van der Waals surface area contributed by atoms with Crippen molar-refractivity contribution in [1.29, 1.82) is 0 Å². The number of anilines is 1. The summed E-state index contributed by atoms with van der Waals surface area (Å²) in [5.41, 5.74) is 6.65. The van der Waals surface area contributed by atoms with Gasteiger partial charge in [-0.2, -0.15) is 0 Å². The average Bonchev–Trinajstić information content (AvgIpc) is 2.63. The van der Waals surface area contributed by atoms with Gasteiger partial charge in [0.15, 0.2) is 0 Å². The maximum Gasteiger partial charge on any atom is 0.272 e. The Labute approximate surface area is 107 Å². The molecule has 5 heteroatoms. The van der Waals surface area contributed by atoms with E-state index in [0.717, 1.165) is 12.8 Å². The van der Waals surface area contributed by atoms with Crippen LogP contribution < -0.4 is 5.73 Å². The van der Waals surface area contributed by atoms with E-state index >= 15 is 0 Å². The molecular formula is C13H19N3O2. The van der Waals surface area contributed by atoms with E-state index in [-0.39, 0.29) is 12.0 Å². The summed E-state index contributed by atoms with van der Waals surface area (Å²) >= 11 is 0. The fourth-order valence-corrected chi connectivity index (χ4v) is 2.05. The summed E-state index contributed by atoms with van der Waals surface area (Å²) in [6, 6.07) is 3.30. The molecule has 0 bridgehead atoms. The molecule has 0 saturated carbocycles. The van der Waals surface area contributed by atoms with Crippen LogP contribution in [0.2, 0.25) is 0 Å². The van der Waals surface area contributed by atoms with Crippen LogP contribution in [0.5, 0.6) is 0 Å². The van der Waals surface area contributed by atoms with Crippen LogP contribution in [0, 0.1) is 0 Å². The number of amides is 1. The fraction of sp³-hybridized carbons (Fsp3) is 0.538. The maximum absolute atomic E-state index is 12.3. The van der Waals surface area contributed by atoms with Crippen molar-refractivity contribution in [3.63, 3.8) is 0 Å². The molecule has 2 rings (SSSR count). The van der Waals surface area contributed by atoms with Gasteiger partial charge in [-0.25, -0.2) is 0 Å². The smallest absolute Gasteiger partial charge is 0.272 e. The van der Waals surface area contributed by atoms with E-state index in [0.29, 0.717) is 31.1 Å². The lowest BCUT2D eigenvalue weighted by molar-refractivity contribution is 0.0458. The molecule has 1 saturated heterocycles. The monoisotopic (exact) mass is 249 g/mol. The molecule has 98 valence electrons. The Morgan fingerprint density at radius 1 is 1.67 bits per heavy atom. The molecule has 1 aromatic heterocycles. The second kappa shape index (κ2) is 5.82. The van der Waals surface area contributed by atoms with Crippen LogP contribution in [0.3, 0.4) is 0 Å². The Kier molecular flexibility index (Phi) is 4.15. The highest BCUT2D eigenvalue weighted by molar-refractivity contribution is 5.93. The third-order valence-electron chi connectivity index (χ3n) is 3.10. The van der Waals surface area contributed by atoms with Crippen LogP contribution in [-0.4, -0.2) is 41.6 Å². The van der Waals surface area contributed by atoms with E-state index in [1.807, 2.05) is 4.90 Å². The first-order valence-corrected chi connectivity index (χ1v) is 6.33. The Morgan fingerprint density at radius 2 is 2.50 bits per heavy atom. The molecule has 1 aliphatic rings. The van der Waals surface area contributed by atoms with Crippen molar-refractivity contribution >= 4 is 11.6 Å². The largest absolute Gasteiger partial charge is 0.399 e. The van der Waals surface area contributed by atoms with Crippen molar-refractivity contribution in [2.75, 3.05) is 25.4 Å².